The molecule has 224 valence electrons. The van der Waals surface area contributed by atoms with Gasteiger partial charge in [0.1, 0.15) is 30.2 Å². The molecule has 1 N–H and O–H groups in total. The van der Waals surface area contributed by atoms with E-state index in [-0.39, 0.29) is 13.2 Å². The molecule has 8 nitrogen and oxygen atoms in total. The van der Waals surface area contributed by atoms with Gasteiger partial charge in [0.25, 0.3) is 0 Å². The largest absolute Gasteiger partial charge is 0.465 e. The lowest BCUT2D eigenvalue weighted by atomic mass is 9.98. The average Bonchev–Trinajstić information content (AvgIpc) is 3.06. The molecule has 1 heterocycles. The summed E-state index contributed by atoms with van der Waals surface area (Å²) in [6.07, 6.45) is -4.39. The monoisotopic (exact) mass is 584 g/mol. The van der Waals surface area contributed by atoms with E-state index in [1.165, 1.54) is 7.11 Å². The number of aliphatic hydroxyl groups is 1. The van der Waals surface area contributed by atoms with Crippen molar-refractivity contribution < 1.29 is 38.3 Å². The predicted molar refractivity (Wildman–Crippen MR) is 159 cm³/mol. The number of ether oxygens (including phenoxy) is 6. The summed E-state index contributed by atoms with van der Waals surface area (Å²) in [5.41, 5.74) is 3.34. The molecular formula is C35H36O8. The first-order chi connectivity index (χ1) is 21.1. The van der Waals surface area contributed by atoms with Crippen molar-refractivity contribution in [1.29, 1.82) is 0 Å². The van der Waals surface area contributed by atoms with Crippen molar-refractivity contribution in [3.63, 3.8) is 0 Å². The number of carbonyl (C=O) groups is 1. The van der Waals surface area contributed by atoms with E-state index in [0.29, 0.717) is 24.5 Å². The Bertz CT molecular complexity index is 1380. The van der Waals surface area contributed by atoms with E-state index in [0.717, 1.165) is 16.7 Å². The third-order valence-electron chi connectivity index (χ3n) is 7.11. The summed E-state index contributed by atoms with van der Waals surface area (Å²) in [6.45, 7) is 1.10. The standard InChI is InChI=1S/C35H36O8/c1-38-34(37)28-17-19-29(20-18-28)42-35-31(36)33(41-23-27-15-9-4-10-16-27)32(40-22-26-13-7-3-8-14-26)30(43-35)24-39-21-25-11-5-2-6-12-25/h2-20,30-33,35-36H,21-24H2,1H3/t30-,31+,32-,33-,35+/m1/s1. The zero-order valence-electron chi connectivity index (χ0n) is 24.0. The van der Waals surface area contributed by atoms with E-state index in [1.54, 1.807) is 24.3 Å². The Morgan fingerprint density at radius 3 is 1.74 bits per heavy atom. The van der Waals surface area contributed by atoms with Crippen molar-refractivity contribution in [3.8, 4) is 5.75 Å². The quantitative estimate of drug-likeness (QED) is 0.211. The second kappa shape index (κ2) is 15.4. The maximum absolute atomic E-state index is 11.9. The van der Waals surface area contributed by atoms with E-state index in [1.807, 2.05) is 91.0 Å². The van der Waals surface area contributed by atoms with Crippen LogP contribution >= 0.6 is 0 Å². The molecule has 1 aliphatic heterocycles. The Balaban J connectivity index is 1.37. The fourth-order valence-electron chi connectivity index (χ4n) is 4.84. The Morgan fingerprint density at radius 1 is 0.698 bits per heavy atom. The maximum Gasteiger partial charge on any atom is 0.337 e. The van der Waals surface area contributed by atoms with E-state index >= 15 is 0 Å². The van der Waals surface area contributed by atoms with Crippen LogP contribution in [-0.4, -0.2) is 55.5 Å². The van der Waals surface area contributed by atoms with Gasteiger partial charge in [-0.15, -0.1) is 0 Å². The molecule has 8 heteroatoms. The van der Waals surface area contributed by atoms with Gasteiger partial charge in [0.2, 0.25) is 6.29 Å². The van der Waals surface area contributed by atoms with Crippen LogP contribution in [0.5, 0.6) is 5.75 Å². The Kier molecular flexibility index (Phi) is 10.9. The zero-order valence-corrected chi connectivity index (χ0v) is 24.0. The number of benzene rings is 4. The summed E-state index contributed by atoms with van der Waals surface area (Å²) in [6, 6.07) is 35.8. The molecule has 0 amide bonds. The maximum atomic E-state index is 11.9. The van der Waals surface area contributed by atoms with E-state index < -0.39 is 36.7 Å². The first-order valence-electron chi connectivity index (χ1n) is 14.2. The van der Waals surface area contributed by atoms with Crippen LogP contribution in [0.15, 0.2) is 115 Å². The summed E-state index contributed by atoms with van der Waals surface area (Å²) in [5.74, 6) is -0.0463. The molecule has 5 rings (SSSR count). The molecule has 0 aliphatic carbocycles. The summed E-state index contributed by atoms with van der Waals surface area (Å²) >= 11 is 0. The van der Waals surface area contributed by atoms with Gasteiger partial charge >= 0.3 is 5.97 Å². The number of rotatable bonds is 13. The van der Waals surface area contributed by atoms with Crippen LogP contribution in [0.2, 0.25) is 0 Å². The normalized spacial score (nSPS) is 21.7. The fourth-order valence-corrected chi connectivity index (χ4v) is 4.84. The lowest BCUT2D eigenvalue weighted by Gasteiger charge is -2.44. The molecule has 0 saturated carbocycles. The molecule has 5 atom stereocenters. The topological polar surface area (TPSA) is 92.7 Å². The smallest absolute Gasteiger partial charge is 0.337 e. The fraction of sp³-hybridized carbons (Fsp3) is 0.286. The highest BCUT2D eigenvalue weighted by Crippen LogP contribution is 2.30. The predicted octanol–water partition coefficient (Wildman–Crippen LogP) is 5.33. The first kappa shape index (κ1) is 30.4. The van der Waals surface area contributed by atoms with E-state index in [4.69, 9.17) is 28.4 Å². The molecule has 0 aromatic heterocycles. The van der Waals surface area contributed by atoms with Crippen LogP contribution in [0.1, 0.15) is 27.0 Å². The van der Waals surface area contributed by atoms with Crippen molar-refractivity contribution in [3.05, 3.63) is 138 Å². The Labute approximate surface area is 251 Å². The van der Waals surface area contributed by atoms with Gasteiger partial charge in [-0.25, -0.2) is 4.79 Å². The molecule has 1 aliphatic rings. The molecule has 1 fully saturated rings. The van der Waals surface area contributed by atoms with Crippen LogP contribution in [0.25, 0.3) is 0 Å². The lowest BCUT2D eigenvalue weighted by molar-refractivity contribution is -0.299. The zero-order chi connectivity index (χ0) is 29.9. The first-order valence-corrected chi connectivity index (χ1v) is 14.2. The third-order valence-corrected chi connectivity index (χ3v) is 7.11. The molecule has 1 saturated heterocycles. The molecule has 4 aromatic carbocycles. The third kappa shape index (κ3) is 8.50. The van der Waals surface area contributed by atoms with Crippen molar-refractivity contribution >= 4 is 5.97 Å². The molecular weight excluding hydrogens is 548 g/mol. The molecule has 4 aromatic rings. The highest BCUT2D eigenvalue weighted by atomic mass is 16.7. The second-order valence-corrected chi connectivity index (χ2v) is 10.2. The average molecular weight is 585 g/mol. The van der Waals surface area contributed by atoms with E-state index in [2.05, 4.69) is 0 Å². The number of hydrogen-bond acceptors (Lipinski definition) is 8. The summed E-state index contributed by atoms with van der Waals surface area (Å²) in [7, 11) is 1.32. The van der Waals surface area contributed by atoms with Crippen LogP contribution in [0, 0.1) is 0 Å². The number of methoxy groups -OCH3 is 1. The molecule has 0 radical (unpaired) electrons. The van der Waals surface area contributed by atoms with Crippen molar-refractivity contribution in [2.45, 2.75) is 50.5 Å². The minimum absolute atomic E-state index is 0.174. The van der Waals surface area contributed by atoms with Crippen molar-refractivity contribution in [2.75, 3.05) is 13.7 Å². The second-order valence-electron chi connectivity index (χ2n) is 10.2. The number of aliphatic hydroxyl groups excluding tert-OH is 1. The van der Waals surface area contributed by atoms with Gasteiger partial charge in [-0.1, -0.05) is 91.0 Å². The van der Waals surface area contributed by atoms with Crippen LogP contribution in [-0.2, 0) is 43.5 Å². The molecule has 0 unspecified atom stereocenters. The van der Waals surface area contributed by atoms with Gasteiger partial charge in [0.05, 0.1) is 39.1 Å². The molecule has 0 spiro atoms. The summed E-state index contributed by atoms with van der Waals surface area (Å²) < 4.78 is 36.1. The van der Waals surface area contributed by atoms with Crippen LogP contribution in [0.3, 0.4) is 0 Å². The van der Waals surface area contributed by atoms with Crippen LogP contribution < -0.4 is 4.74 Å². The minimum Gasteiger partial charge on any atom is -0.465 e. The van der Waals surface area contributed by atoms with Crippen molar-refractivity contribution in [2.24, 2.45) is 0 Å². The van der Waals surface area contributed by atoms with Gasteiger partial charge in [0, 0.05) is 0 Å². The van der Waals surface area contributed by atoms with E-state index in [9.17, 15) is 9.90 Å². The Hall–Kier alpha value is -4.05. The highest BCUT2D eigenvalue weighted by Gasteiger charge is 2.48. The SMILES string of the molecule is COC(=O)c1ccc(O[C@H]2O[C@H](COCc3ccccc3)[C@@H](OCc3ccccc3)[C@H](OCc3ccccc3)[C@@H]2O)cc1. The number of hydrogen-bond donors (Lipinski definition) is 1. The number of esters is 1. The summed E-state index contributed by atoms with van der Waals surface area (Å²) in [4.78, 5) is 11.9. The lowest BCUT2D eigenvalue weighted by Crippen LogP contribution is -2.61. The van der Waals surface area contributed by atoms with Gasteiger partial charge in [-0.2, -0.15) is 0 Å². The molecule has 0 bridgehead atoms. The Morgan fingerprint density at radius 2 is 1.21 bits per heavy atom. The van der Waals surface area contributed by atoms with Gasteiger partial charge in [-0.05, 0) is 41.0 Å². The van der Waals surface area contributed by atoms with Crippen LogP contribution in [0.4, 0.5) is 0 Å². The van der Waals surface area contributed by atoms with Gasteiger partial charge in [-0.3, -0.25) is 0 Å². The summed E-state index contributed by atoms with van der Waals surface area (Å²) in [5, 5.41) is 11.6. The van der Waals surface area contributed by atoms with Crippen molar-refractivity contribution in [1.82, 2.24) is 0 Å². The highest BCUT2D eigenvalue weighted by molar-refractivity contribution is 5.89. The van der Waals surface area contributed by atoms with Gasteiger partial charge in [0.15, 0.2) is 0 Å². The minimum atomic E-state index is -1.20. The van der Waals surface area contributed by atoms with Gasteiger partial charge < -0.3 is 33.5 Å². The number of carbonyl (C=O) groups excluding carboxylic acids is 1. The molecule has 43 heavy (non-hydrogen) atoms.